The van der Waals surface area contributed by atoms with Gasteiger partial charge < -0.3 is 19.4 Å². The largest absolute Gasteiger partial charge is 0.465 e. The molecule has 1 aromatic heterocycles. The van der Waals surface area contributed by atoms with Crippen molar-refractivity contribution in [2.24, 2.45) is 0 Å². The monoisotopic (exact) mass is 451 g/mol. The molecular formula is C23H21N3O7. The van der Waals surface area contributed by atoms with E-state index in [1.165, 1.54) is 13.2 Å². The molecule has 170 valence electrons. The summed E-state index contributed by atoms with van der Waals surface area (Å²) in [7, 11) is 1.31. The molecule has 0 saturated carbocycles. The smallest absolute Gasteiger partial charge is 0.338 e. The number of amides is 1. The molecule has 0 unspecified atom stereocenters. The second-order valence-electron chi connectivity index (χ2n) is 7.56. The summed E-state index contributed by atoms with van der Waals surface area (Å²) in [5.74, 6) is -1.63. The minimum atomic E-state index is -0.733. The first kappa shape index (κ1) is 22.0. The average Bonchev–Trinajstić information content (AvgIpc) is 3.20. The quantitative estimate of drug-likeness (QED) is 0.358. The van der Waals surface area contributed by atoms with Crippen LogP contribution in [0.2, 0.25) is 0 Å². The van der Waals surface area contributed by atoms with Gasteiger partial charge in [0.05, 0.1) is 29.8 Å². The van der Waals surface area contributed by atoms with E-state index in [1.807, 2.05) is 0 Å². The SMILES string of the molecule is CCOC(=O)c1cc(C(=O)N2CCc3[nH]c4ccc(C(=O)OC)cc4c3C2)cc([N+](=O)[O-])c1. The van der Waals surface area contributed by atoms with Crippen molar-refractivity contribution in [3.63, 3.8) is 0 Å². The van der Waals surface area contributed by atoms with Gasteiger partial charge in [-0.05, 0) is 31.2 Å². The molecule has 4 rings (SSSR count). The van der Waals surface area contributed by atoms with Gasteiger partial charge in [-0.15, -0.1) is 0 Å². The van der Waals surface area contributed by atoms with E-state index < -0.39 is 22.8 Å². The molecule has 1 aliphatic heterocycles. The molecule has 10 heteroatoms. The summed E-state index contributed by atoms with van der Waals surface area (Å²) < 4.78 is 9.73. The topological polar surface area (TPSA) is 132 Å². The summed E-state index contributed by atoms with van der Waals surface area (Å²) in [5, 5.41) is 12.2. The third kappa shape index (κ3) is 4.14. The Bertz CT molecular complexity index is 1290. The first-order valence-corrected chi connectivity index (χ1v) is 10.3. The zero-order valence-corrected chi connectivity index (χ0v) is 18.0. The van der Waals surface area contributed by atoms with Gasteiger partial charge in [-0.2, -0.15) is 0 Å². The van der Waals surface area contributed by atoms with Crippen molar-refractivity contribution in [3.8, 4) is 0 Å². The number of rotatable bonds is 5. The number of methoxy groups -OCH3 is 1. The lowest BCUT2D eigenvalue weighted by Crippen LogP contribution is -2.36. The summed E-state index contributed by atoms with van der Waals surface area (Å²) in [6.45, 7) is 2.36. The summed E-state index contributed by atoms with van der Waals surface area (Å²) in [6.07, 6.45) is 0.545. The van der Waals surface area contributed by atoms with Crippen LogP contribution < -0.4 is 0 Å². The third-order valence-electron chi connectivity index (χ3n) is 5.57. The van der Waals surface area contributed by atoms with Gasteiger partial charge >= 0.3 is 11.9 Å². The minimum Gasteiger partial charge on any atom is -0.465 e. The Balaban J connectivity index is 1.68. The van der Waals surface area contributed by atoms with Crippen LogP contribution in [-0.4, -0.2) is 52.9 Å². The molecule has 2 aromatic carbocycles. The number of nitro benzene ring substituents is 1. The van der Waals surface area contributed by atoms with Crippen LogP contribution >= 0.6 is 0 Å². The number of nitrogens with one attached hydrogen (secondary N) is 1. The fraction of sp³-hybridized carbons (Fsp3) is 0.261. The van der Waals surface area contributed by atoms with Crippen molar-refractivity contribution in [1.82, 2.24) is 9.88 Å². The molecule has 0 bridgehead atoms. The lowest BCUT2D eigenvalue weighted by atomic mass is 10.0. The van der Waals surface area contributed by atoms with Crippen LogP contribution in [0.15, 0.2) is 36.4 Å². The number of hydrogen-bond acceptors (Lipinski definition) is 7. The number of non-ortho nitro benzene ring substituents is 1. The molecule has 0 aliphatic carbocycles. The molecule has 3 aromatic rings. The highest BCUT2D eigenvalue weighted by Crippen LogP contribution is 2.30. The van der Waals surface area contributed by atoms with Crippen molar-refractivity contribution in [3.05, 3.63) is 74.5 Å². The molecular weight excluding hydrogens is 430 g/mol. The number of aromatic amines is 1. The number of hydrogen-bond donors (Lipinski definition) is 1. The van der Waals surface area contributed by atoms with E-state index in [-0.39, 0.29) is 30.0 Å². The van der Waals surface area contributed by atoms with Crippen LogP contribution in [-0.2, 0) is 22.4 Å². The van der Waals surface area contributed by atoms with Crippen molar-refractivity contribution in [2.75, 3.05) is 20.3 Å². The highest BCUT2D eigenvalue weighted by molar-refractivity contribution is 6.00. The van der Waals surface area contributed by atoms with Gasteiger partial charge in [-0.3, -0.25) is 14.9 Å². The number of ether oxygens (including phenoxy) is 2. The molecule has 10 nitrogen and oxygen atoms in total. The molecule has 0 atom stereocenters. The molecule has 0 fully saturated rings. The van der Waals surface area contributed by atoms with Gasteiger partial charge in [0, 0.05) is 59.4 Å². The summed E-state index contributed by atoms with van der Waals surface area (Å²) in [5.41, 5.74) is 2.67. The second kappa shape index (κ2) is 8.73. The Morgan fingerprint density at radius 2 is 1.85 bits per heavy atom. The Hall–Kier alpha value is -4.21. The van der Waals surface area contributed by atoms with E-state index in [2.05, 4.69) is 4.98 Å². The molecule has 0 radical (unpaired) electrons. The number of aromatic nitrogens is 1. The van der Waals surface area contributed by atoms with Crippen LogP contribution in [0.5, 0.6) is 0 Å². The van der Waals surface area contributed by atoms with Gasteiger partial charge in [0.15, 0.2) is 0 Å². The zero-order valence-electron chi connectivity index (χ0n) is 18.0. The number of esters is 2. The maximum atomic E-state index is 13.3. The highest BCUT2D eigenvalue weighted by atomic mass is 16.6. The molecule has 0 spiro atoms. The van der Waals surface area contributed by atoms with E-state index >= 15 is 0 Å². The van der Waals surface area contributed by atoms with E-state index in [0.717, 1.165) is 34.3 Å². The Morgan fingerprint density at radius 1 is 1.09 bits per heavy atom. The Labute approximate surface area is 188 Å². The molecule has 1 N–H and O–H groups in total. The van der Waals surface area contributed by atoms with Gasteiger partial charge in [-0.25, -0.2) is 9.59 Å². The standard InChI is InChI=1S/C23H21N3O7/c1-3-33-23(29)15-8-14(9-16(10-15)26(30)31)21(27)25-7-6-20-18(12-25)17-11-13(22(28)32-2)4-5-19(17)24-20/h4-5,8-11,24H,3,6-7,12H2,1-2H3. The van der Waals surface area contributed by atoms with E-state index in [9.17, 15) is 24.5 Å². The van der Waals surface area contributed by atoms with E-state index in [1.54, 1.807) is 30.0 Å². The normalized spacial score (nSPS) is 12.8. The maximum Gasteiger partial charge on any atom is 0.338 e. The lowest BCUT2D eigenvalue weighted by Gasteiger charge is -2.27. The number of nitro groups is 1. The van der Waals surface area contributed by atoms with E-state index in [0.29, 0.717) is 18.5 Å². The lowest BCUT2D eigenvalue weighted by molar-refractivity contribution is -0.384. The van der Waals surface area contributed by atoms with Crippen molar-refractivity contribution < 1.29 is 28.8 Å². The molecule has 1 amide bonds. The maximum absolute atomic E-state index is 13.3. The van der Waals surface area contributed by atoms with Gasteiger partial charge in [0.25, 0.3) is 11.6 Å². The summed E-state index contributed by atoms with van der Waals surface area (Å²) in [4.78, 5) is 52.9. The van der Waals surface area contributed by atoms with Crippen molar-refractivity contribution in [1.29, 1.82) is 0 Å². The number of fused-ring (bicyclic) bond motifs is 3. The summed E-state index contributed by atoms with van der Waals surface area (Å²) in [6, 6.07) is 8.74. The first-order valence-electron chi connectivity index (χ1n) is 10.3. The number of nitrogens with zero attached hydrogens (tertiary/aromatic N) is 2. The number of carbonyl (C=O) groups excluding carboxylic acids is 3. The molecule has 33 heavy (non-hydrogen) atoms. The fourth-order valence-corrected chi connectivity index (χ4v) is 3.99. The Morgan fingerprint density at radius 3 is 2.55 bits per heavy atom. The minimum absolute atomic E-state index is 0.0331. The van der Waals surface area contributed by atoms with Crippen LogP contribution in [0.4, 0.5) is 5.69 Å². The predicted molar refractivity (Wildman–Crippen MR) is 117 cm³/mol. The molecule has 2 heterocycles. The highest BCUT2D eigenvalue weighted by Gasteiger charge is 2.27. The number of H-pyrrole nitrogens is 1. The van der Waals surface area contributed by atoms with Gasteiger partial charge in [0.2, 0.25) is 0 Å². The van der Waals surface area contributed by atoms with Crippen LogP contribution in [0, 0.1) is 10.1 Å². The zero-order chi connectivity index (χ0) is 23.7. The van der Waals surface area contributed by atoms with Gasteiger partial charge in [-0.1, -0.05) is 0 Å². The third-order valence-corrected chi connectivity index (χ3v) is 5.57. The van der Waals surface area contributed by atoms with Gasteiger partial charge in [0.1, 0.15) is 0 Å². The van der Waals surface area contributed by atoms with Crippen molar-refractivity contribution in [2.45, 2.75) is 19.9 Å². The summed E-state index contributed by atoms with van der Waals surface area (Å²) >= 11 is 0. The van der Waals surface area contributed by atoms with E-state index in [4.69, 9.17) is 9.47 Å². The molecule has 1 aliphatic rings. The fourth-order valence-electron chi connectivity index (χ4n) is 3.99. The first-order chi connectivity index (χ1) is 15.8. The Kier molecular flexibility index (Phi) is 5.82. The molecule has 0 saturated heterocycles. The van der Waals surface area contributed by atoms with Crippen LogP contribution in [0.1, 0.15) is 49.3 Å². The number of benzene rings is 2. The predicted octanol–water partition coefficient (Wildman–Crippen LogP) is 3.24. The second-order valence-corrected chi connectivity index (χ2v) is 7.56. The van der Waals surface area contributed by atoms with Crippen LogP contribution in [0.25, 0.3) is 10.9 Å². The average molecular weight is 451 g/mol. The number of carbonyl (C=O) groups is 3. The van der Waals surface area contributed by atoms with Crippen LogP contribution in [0.3, 0.4) is 0 Å². The van der Waals surface area contributed by atoms with Crippen molar-refractivity contribution >= 4 is 34.4 Å².